The van der Waals surface area contributed by atoms with Gasteiger partial charge < -0.3 is 15.4 Å². The number of nitrogens with two attached hydrogens (primary N) is 1. The van der Waals surface area contributed by atoms with Crippen LogP contribution in [-0.4, -0.2) is 37.0 Å². The van der Waals surface area contributed by atoms with Gasteiger partial charge in [-0.2, -0.15) is 4.98 Å². The van der Waals surface area contributed by atoms with Gasteiger partial charge in [-0.1, -0.05) is 11.6 Å². The number of nitrogens with zero attached hydrogens (tertiary/aromatic N) is 2. The maximum absolute atomic E-state index is 13.4. The second-order valence-corrected chi connectivity index (χ2v) is 5.32. The number of methoxy groups -OCH3 is 1. The summed E-state index contributed by atoms with van der Waals surface area (Å²) in [7, 11) is 1.39. The number of amides is 1. The molecule has 2 N–H and O–H groups in total. The molecule has 116 valence electrons. The number of carbonyl (C=O) groups excluding carboxylic acids is 1. The van der Waals surface area contributed by atoms with Crippen LogP contribution in [0.25, 0.3) is 0 Å². The number of halogens is 3. The van der Waals surface area contributed by atoms with Crippen LogP contribution < -0.4 is 15.4 Å². The van der Waals surface area contributed by atoms with Gasteiger partial charge in [0.1, 0.15) is 10.8 Å². The van der Waals surface area contributed by atoms with Crippen molar-refractivity contribution in [3.63, 3.8) is 0 Å². The van der Waals surface area contributed by atoms with Gasteiger partial charge >= 0.3 is 0 Å². The van der Waals surface area contributed by atoms with E-state index < -0.39 is 11.8 Å². The van der Waals surface area contributed by atoms with Crippen LogP contribution >= 0.6 is 11.6 Å². The van der Waals surface area contributed by atoms with E-state index in [1.54, 1.807) is 4.90 Å². The molecule has 5 nitrogen and oxygen atoms in total. The molecule has 0 unspecified atom stereocenters. The summed E-state index contributed by atoms with van der Waals surface area (Å²) in [6, 6.07) is 1.36. The molecule has 0 saturated carbocycles. The number of pyridine rings is 1. The quantitative estimate of drug-likeness (QED) is 0.929. The summed E-state index contributed by atoms with van der Waals surface area (Å²) in [5, 5.41) is 0.148. The summed E-state index contributed by atoms with van der Waals surface area (Å²) < 4.78 is 31.9. The molecule has 1 saturated heterocycles. The Bertz CT molecular complexity index is 554. The Kier molecular flexibility index (Phi) is 4.51. The minimum Gasteiger partial charge on any atom is -0.480 e. The zero-order valence-electron chi connectivity index (χ0n) is 11.5. The van der Waals surface area contributed by atoms with Crippen LogP contribution in [0.4, 0.5) is 14.6 Å². The second kappa shape index (κ2) is 6.01. The van der Waals surface area contributed by atoms with E-state index in [2.05, 4.69) is 4.98 Å². The lowest BCUT2D eigenvalue weighted by Gasteiger charge is -2.24. The summed E-state index contributed by atoms with van der Waals surface area (Å²) in [4.78, 5) is 17.3. The smallest absolute Gasteiger partial charge is 0.252 e. The second-order valence-electron chi connectivity index (χ2n) is 4.91. The number of hydrogen-bond acceptors (Lipinski definition) is 4. The summed E-state index contributed by atoms with van der Waals surface area (Å²) in [6.45, 7) is 0.457. The highest BCUT2D eigenvalue weighted by Crippen LogP contribution is 2.33. The van der Waals surface area contributed by atoms with Crippen LogP contribution in [0.2, 0.25) is 5.02 Å². The Labute approximate surface area is 126 Å². The van der Waals surface area contributed by atoms with E-state index in [1.807, 2.05) is 0 Å². The maximum Gasteiger partial charge on any atom is 0.252 e. The highest BCUT2D eigenvalue weighted by atomic mass is 35.5. The van der Waals surface area contributed by atoms with Gasteiger partial charge in [-0.3, -0.25) is 4.79 Å². The van der Waals surface area contributed by atoms with E-state index in [0.717, 1.165) is 0 Å². The predicted octanol–water partition coefficient (Wildman–Crippen LogP) is 2.47. The van der Waals surface area contributed by atoms with Gasteiger partial charge in [0.15, 0.2) is 0 Å². The highest BCUT2D eigenvalue weighted by Gasteiger charge is 2.33. The Morgan fingerprint density at radius 3 is 2.81 bits per heavy atom. The molecule has 1 aromatic rings. The normalized spacial score (nSPS) is 18.2. The lowest BCUT2D eigenvalue weighted by atomic mass is 10.1. The molecule has 8 heteroatoms. The monoisotopic (exact) mass is 319 g/mol. The first-order valence-corrected chi connectivity index (χ1v) is 6.89. The molecule has 0 bridgehead atoms. The standard InChI is InChI=1S/C13H16ClF2N3O2/c1-21-12-9(14)7-8(10(17)20)11(18-12)19-5-2-3-13(15,16)4-6-19/h7H,2-6H2,1H3,(H2,17,20). The maximum atomic E-state index is 13.4. The van der Waals surface area contributed by atoms with Gasteiger partial charge in [-0.25, -0.2) is 8.78 Å². The Hall–Kier alpha value is -1.63. The van der Waals surface area contributed by atoms with Crippen molar-refractivity contribution in [2.75, 3.05) is 25.1 Å². The van der Waals surface area contributed by atoms with Crippen LogP contribution in [0.15, 0.2) is 6.07 Å². The van der Waals surface area contributed by atoms with E-state index >= 15 is 0 Å². The lowest BCUT2D eigenvalue weighted by molar-refractivity contribution is -0.0102. The zero-order chi connectivity index (χ0) is 15.6. The van der Waals surface area contributed by atoms with E-state index in [4.69, 9.17) is 22.1 Å². The summed E-state index contributed by atoms with van der Waals surface area (Å²) in [6.07, 6.45) is -0.171. The van der Waals surface area contributed by atoms with Crippen molar-refractivity contribution >= 4 is 23.3 Å². The number of carbonyl (C=O) groups is 1. The molecule has 1 aliphatic rings. The summed E-state index contributed by atoms with van der Waals surface area (Å²) in [5.74, 6) is -3.04. The van der Waals surface area contributed by atoms with Crippen molar-refractivity contribution in [3.8, 4) is 5.88 Å². The van der Waals surface area contributed by atoms with Crippen LogP contribution in [0.3, 0.4) is 0 Å². The minimum absolute atomic E-state index is 0.0884. The third kappa shape index (κ3) is 3.53. The molecule has 0 aromatic carbocycles. The van der Waals surface area contributed by atoms with Crippen LogP contribution in [0.1, 0.15) is 29.6 Å². The molecule has 0 atom stereocenters. The van der Waals surface area contributed by atoms with Gasteiger partial charge in [-0.15, -0.1) is 0 Å². The van der Waals surface area contributed by atoms with Gasteiger partial charge in [0.25, 0.3) is 5.91 Å². The Balaban J connectivity index is 2.39. The van der Waals surface area contributed by atoms with E-state index in [-0.39, 0.29) is 41.7 Å². The molecular weight excluding hydrogens is 304 g/mol. The number of rotatable bonds is 3. The van der Waals surface area contributed by atoms with E-state index in [0.29, 0.717) is 13.0 Å². The SMILES string of the molecule is COc1nc(N2CCCC(F)(F)CC2)c(C(N)=O)cc1Cl. The van der Waals surface area contributed by atoms with Crippen molar-refractivity contribution in [2.45, 2.75) is 25.2 Å². The first kappa shape index (κ1) is 15.8. The fraction of sp³-hybridized carbons (Fsp3) is 0.538. The number of hydrogen-bond donors (Lipinski definition) is 1. The van der Waals surface area contributed by atoms with Crippen molar-refractivity contribution in [1.29, 1.82) is 0 Å². The molecule has 0 aliphatic carbocycles. The lowest BCUT2D eigenvalue weighted by Crippen LogP contribution is -2.29. The number of ether oxygens (including phenoxy) is 1. The third-order valence-electron chi connectivity index (χ3n) is 3.40. The van der Waals surface area contributed by atoms with Gasteiger partial charge in [-0.05, 0) is 12.5 Å². The largest absolute Gasteiger partial charge is 0.480 e. The third-order valence-corrected chi connectivity index (χ3v) is 3.67. The topological polar surface area (TPSA) is 68.4 Å². The van der Waals surface area contributed by atoms with Gasteiger partial charge in [0, 0.05) is 25.9 Å². The number of primary amides is 1. The number of anilines is 1. The molecule has 2 heterocycles. The predicted molar refractivity (Wildman–Crippen MR) is 75.3 cm³/mol. The highest BCUT2D eigenvalue weighted by molar-refractivity contribution is 6.32. The van der Waals surface area contributed by atoms with Crippen molar-refractivity contribution < 1.29 is 18.3 Å². The molecule has 0 spiro atoms. The van der Waals surface area contributed by atoms with Crippen LogP contribution in [0, 0.1) is 0 Å². The van der Waals surface area contributed by atoms with Crippen LogP contribution in [0.5, 0.6) is 5.88 Å². The summed E-state index contributed by atoms with van der Waals surface area (Å²) in [5.41, 5.74) is 5.42. The van der Waals surface area contributed by atoms with Crippen molar-refractivity contribution in [3.05, 3.63) is 16.7 Å². The zero-order valence-corrected chi connectivity index (χ0v) is 12.3. The first-order chi connectivity index (χ1) is 9.84. The minimum atomic E-state index is -2.70. The Morgan fingerprint density at radius 1 is 1.48 bits per heavy atom. The molecule has 1 amide bonds. The number of aromatic nitrogens is 1. The molecular formula is C13H16ClF2N3O2. The molecule has 1 aromatic heterocycles. The first-order valence-electron chi connectivity index (χ1n) is 6.51. The molecule has 1 aliphatic heterocycles. The molecule has 21 heavy (non-hydrogen) atoms. The molecule has 0 radical (unpaired) electrons. The average molecular weight is 320 g/mol. The number of alkyl halides is 2. The van der Waals surface area contributed by atoms with Crippen molar-refractivity contribution in [2.24, 2.45) is 5.73 Å². The van der Waals surface area contributed by atoms with Crippen LogP contribution in [-0.2, 0) is 0 Å². The molecule has 2 rings (SSSR count). The van der Waals surface area contributed by atoms with Gasteiger partial charge in [0.2, 0.25) is 11.8 Å². The van der Waals surface area contributed by atoms with Crippen molar-refractivity contribution in [1.82, 2.24) is 4.98 Å². The Morgan fingerprint density at radius 2 is 2.19 bits per heavy atom. The fourth-order valence-corrected chi connectivity index (χ4v) is 2.53. The van der Waals surface area contributed by atoms with E-state index in [9.17, 15) is 13.6 Å². The summed E-state index contributed by atoms with van der Waals surface area (Å²) >= 11 is 5.93. The molecule has 1 fully saturated rings. The fourth-order valence-electron chi connectivity index (χ4n) is 2.30. The van der Waals surface area contributed by atoms with E-state index in [1.165, 1.54) is 13.2 Å². The average Bonchev–Trinajstić information content (AvgIpc) is 2.59. The van der Waals surface area contributed by atoms with Gasteiger partial charge in [0.05, 0.1) is 12.7 Å².